The molecule has 0 fully saturated rings. The zero-order valence-corrected chi connectivity index (χ0v) is 11.1. The molecule has 2 rings (SSSR count). The third-order valence-electron chi connectivity index (χ3n) is 3.50. The van der Waals surface area contributed by atoms with Crippen LogP contribution in [0.15, 0.2) is 60.7 Å². The van der Waals surface area contributed by atoms with E-state index >= 15 is 0 Å². The van der Waals surface area contributed by atoms with Gasteiger partial charge in [0.05, 0.1) is 6.04 Å². The Morgan fingerprint density at radius 1 is 1.30 bits per heavy atom. The van der Waals surface area contributed by atoms with E-state index in [2.05, 4.69) is 13.2 Å². The molecule has 1 aromatic rings. The third-order valence-corrected chi connectivity index (χ3v) is 3.50. The molecule has 104 valence electrons. The predicted molar refractivity (Wildman–Crippen MR) is 75.9 cm³/mol. The van der Waals surface area contributed by atoms with Crippen LogP contribution in [0.4, 0.5) is 9.18 Å². The molecule has 1 atom stereocenters. The summed E-state index contributed by atoms with van der Waals surface area (Å²) in [6.45, 7) is 7.92. The number of carboxylic acid groups (broad SMARTS) is 1. The maximum Gasteiger partial charge on any atom is 0.408 e. The van der Waals surface area contributed by atoms with Crippen molar-refractivity contribution in [3.63, 3.8) is 0 Å². The molecule has 0 bridgehead atoms. The van der Waals surface area contributed by atoms with Crippen LogP contribution in [0.5, 0.6) is 0 Å². The van der Waals surface area contributed by atoms with Gasteiger partial charge in [-0.1, -0.05) is 37.4 Å². The summed E-state index contributed by atoms with van der Waals surface area (Å²) in [6.07, 6.45) is 2.99. The van der Waals surface area contributed by atoms with E-state index in [1.807, 2.05) is 0 Å². The Morgan fingerprint density at radius 2 is 1.95 bits per heavy atom. The highest BCUT2D eigenvalue weighted by atomic mass is 19.1. The molecule has 3 nitrogen and oxygen atoms in total. The molecule has 0 unspecified atom stereocenters. The number of nitrogens with zero attached hydrogens (tertiary/aromatic N) is 1. The fraction of sp³-hybridized carbons (Fsp3) is 0.188. The number of carbonyl (C=O) groups is 1. The lowest BCUT2D eigenvalue weighted by atomic mass is 9.88. The Balaban J connectivity index is 2.55. The van der Waals surface area contributed by atoms with Gasteiger partial charge in [0, 0.05) is 6.54 Å². The van der Waals surface area contributed by atoms with Crippen LogP contribution < -0.4 is 0 Å². The van der Waals surface area contributed by atoms with Crippen molar-refractivity contribution in [2.24, 2.45) is 0 Å². The Hall–Kier alpha value is -2.36. The normalized spacial score (nSPS) is 18.9. The van der Waals surface area contributed by atoms with E-state index in [0.717, 1.165) is 16.7 Å². The molecule has 1 aliphatic heterocycles. The molecular formula is C16H16FNO2. The summed E-state index contributed by atoms with van der Waals surface area (Å²) in [5, 5.41) is 9.37. The second-order valence-electron chi connectivity index (χ2n) is 4.57. The lowest BCUT2D eigenvalue weighted by molar-refractivity contribution is 0.129. The smallest absolute Gasteiger partial charge is 0.408 e. The zero-order chi connectivity index (χ0) is 14.7. The molecule has 1 N–H and O–H groups in total. The van der Waals surface area contributed by atoms with Gasteiger partial charge >= 0.3 is 6.09 Å². The van der Waals surface area contributed by atoms with Crippen molar-refractivity contribution in [3.05, 3.63) is 72.1 Å². The number of rotatable bonds is 3. The van der Waals surface area contributed by atoms with Gasteiger partial charge in [0.25, 0.3) is 0 Å². The van der Waals surface area contributed by atoms with Crippen LogP contribution in [0, 0.1) is 5.82 Å². The van der Waals surface area contributed by atoms with Gasteiger partial charge in [-0.15, -0.1) is 0 Å². The topological polar surface area (TPSA) is 40.5 Å². The number of allylic oxidation sites excluding steroid dienone is 1. The summed E-state index contributed by atoms with van der Waals surface area (Å²) in [6, 6.07) is 5.40. The summed E-state index contributed by atoms with van der Waals surface area (Å²) in [5.74, 6) is -0.348. The van der Waals surface area contributed by atoms with Gasteiger partial charge < -0.3 is 5.11 Å². The van der Waals surface area contributed by atoms with Crippen molar-refractivity contribution in [1.29, 1.82) is 0 Å². The van der Waals surface area contributed by atoms with Crippen LogP contribution in [0.3, 0.4) is 0 Å². The summed E-state index contributed by atoms with van der Waals surface area (Å²) < 4.78 is 13.1. The fourth-order valence-electron chi connectivity index (χ4n) is 2.53. The lowest BCUT2D eigenvalue weighted by Crippen LogP contribution is -2.38. The molecule has 20 heavy (non-hydrogen) atoms. The Morgan fingerprint density at radius 3 is 2.45 bits per heavy atom. The standard InChI is InChI=1S/C16H16FNO2/c1-3-11-9-10-18(16(19)20)15(14(11)4-2)12-5-7-13(17)8-6-12/h3-8,15H,1-2,9-10H2,(H,19,20)/t15-/m0/s1. The number of halogens is 1. The van der Waals surface area contributed by atoms with E-state index in [-0.39, 0.29) is 5.82 Å². The first-order chi connectivity index (χ1) is 9.58. The van der Waals surface area contributed by atoms with Crippen LogP contribution in [0.25, 0.3) is 0 Å². The van der Waals surface area contributed by atoms with Gasteiger partial charge in [-0.25, -0.2) is 9.18 Å². The van der Waals surface area contributed by atoms with Crippen LogP contribution >= 0.6 is 0 Å². The molecule has 1 aromatic carbocycles. The van der Waals surface area contributed by atoms with Gasteiger partial charge in [0.2, 0.25) is 0 Å². The van der Waals surface area contributed by atoms with E-state index in [9.17, 15) is 14.3 Å². The van der Waals surface area contributed by atoms with E-state index in [4.69, 9.17) is 0 Å². The fourth-order valence-corrected chi connectivity index (χ4v) is 2.53. The average Bonchev–Trinajstić information content (AvgIpc) is 2.46. The van der Waals surface area contributed by atoms with Crippen molar-refractivity contribution in [2.45, 2.75) is 12.5 Å². The first-order valence-corrected chi connectivity index (χ1v) is 6.31. The summed E-state index contributed by atoms with van der Waals surface area (Å²) in [7, 11) is 0. The van der Waals surface area contributed by atoms with Gasteiger partial charge in [-0.2, -0.15) is 0 Å². The minimum absolute atomic E-state index is 0.348. The molecule has 0 radical (unpaired) electrons. The van der Waals surface area contributed by atoms with Crippen molar-refractivity contribution in [2.75, 3.05) is 6.54 Å². The minimum Gasteiger partial charge on any atom is -0.465 e. The molecule has 0 aromatic heterocycles. The molecule has 4 heteroatoms. The van der Waals surface area contributed by atoms with Gasteiger partial charge in [-0.05, 0) is 35.3 Å². The van der Waals surface area contributed by atoms with Gasteiger partial charge in [0.1, 0.15) is 5.82 Å². The first-order valence-electron chi connectivity index (χ1n) is 6.31. The molecule has 1 amide bonds. The number of hydrogen-bond donors (Lipinski definition) is 1. The number of hydrogen-bond acceptors (Lipinski definition) is 1. The third kappa shape index (κ3) is 2.50. The van der Waals surface area contributed by atoms with E-state index < -0.39 is 12.1 Å². The molecule has 0 spiro atoms. The highest BCUT2D eigenvalue weighted by Crippen LogP contribution is 2.36. The molecule has 0 saturated heterocycles. The lowest BCUT2D eigenvalue weighted by Gasteiger charge is -2.36. The van der Waals surface area contributed by atoms with Gasteiger partial charge in [-0.3, -0.25) is 4.90 Å². The molecule has 0 aliphatic carbocycles. The summed E-state index contributed by atoms with van der Waals surface area (Å²) in [4.78, 5) is 12.8. The molecule has 0 saturated carbocycles. The number of benzene rings is 1. The summed E-state index contributed by atoms with van der Waals surface area (Å²) >= 11 is 0. The largest absolute Gasteiger partial charge is 0.465 e. The van der Waals surface area contributed by atoms with Crippen molar-refractivity contribution in [1.82, 2.24) is 4.90 Å². The van der Waals surface area contributed by atoms with Crippen LogP contribution in [-0.4, -0.2) is 22.6 Å². The molecule has 1 heterocycles. The SMILES string of the molecule is C=CC1=C(C=C)[C@H](c2ccc(F)cc2)N(C(=O)O)CC1. The average molecular weight is 273 g/mol. The predicted octanol–water partition coefficient (Wildman–Crippen LogP) is 3.92. The maximum absolute atomic E-state index is 13.1. The van der Waals surface area contributed by atoms with Crippen LogP contribution in [0.1, 0.15) is 18.0 Å². The highest BCUT2D eigenvalue weighted by Gasteiger charge is 2.31. The Kier molecular flexibility index (Phi) is 4.03. The Bertz CT molecular complexity index is 575. The highest BCUT2D eigenvalue weighted by molar-refractivity contribution is 5.68. The molecule has 1 aliphatic rings. The summed E-state index contributed by atoms with van der Waals surface area (Å²) in [5.41, 5.74) is 2.51. The zero-order valence-electron chi connectivity index (χ0n) is 11.1. The van der Waals surface area contributed by atoms with E-state index in [0.29, 0.717) is 13.0 Å². The van der Waals surface area contributed by atoms with Crippen LogP contribution in [-0.2, 0) is 0 Å². The molecular weight excluding hydrogens is 257 g/mol. The minimum atomic E-state index is -0.998. The van der Waals surface area contributed by atoms with Gasteiger partial charge in [0.15, 0.2) is 0 Å². The monoisotopic (exact) mass is 273 g/mol. The second-order valence-corrected chi connectivity index (χ2v) is 4.57. The quantitative estimate of drug-likeness (QED) is 0.906. The number of amides is 1. The van der Waals surface area contributed by atoms with Crippen molar-refractivity contribution >= 4 is 6.09 Å². The Labute approximate surface area is 117 Å². The van der Waals surface area contributed by atoms with E-state index in [1.165, 1.54) is 17.0 Å². The maximum atomic E-state index is 13.1. The van der Waals surface area contributed by atoms with Crippen molar-refractivity contribution < 1.29 is 14.3 Å². The first kappa shape index (κ1) is 14.1. The van der Waals surface area contributed by atoms with Crippen molar-refractivity contribution in [3.8, 4) is 0 Å². The second kappa shape index (κ2) is 5.74. The van der Waals surface area contributed by atoms with E-state index in [1.54, 1.807) is 24.3 Å². The van der Waals surface area contributed by atoms with Crippen LogP contribution in [0.2, 0.25) is 0 Å².